The second kappa shape index (κ2) is 6.44. The van der Waals surface area contributed by atoms with E-state index in [1.165, 1.54) is 0 Å². The van der Waals surface area contributed by atoms with Gasteiger partial charge in [-0.3, -0.25) is 4.79 Å². The molecule has 0 radical (unpaired) electrons. The predicted octanol–water partition coefficient (Wildman–Crippen LogP) is 1.83. The van der Waals surface area contributed by atoms with Crippen LogP contribution in [-0.2, 0) is 0 Å². The first-order chi connectivity index (χ1) is 14.2. The molecule has 0 fully saturated rings. The zero-order valence-electron chi connectivity index (χ0n) is 15.2. The number of phenolic OH excluding ortho intramolecular Hbond substituents is 1. The van der Waals surface area contributed by atoms with Crippen molar-refractivity contribution < 1.29 is 9.84 Å². The summed E-state index contributed by atoms with van der Waals surface area (Å²) in [5.74, 6) is 1.14. The summed E-state index contributed by atoms with van der Waals surface area (Å²) < 4.78 is 6.91. The zero-order valence-corrected chi connectivity index (χ0v) is 15.2. The van der Waals surface area contributed by atoms with Gasteiger partial charge in [0.2, 0.25) is 5.95 Å². The third-order valence-electron chi connectivity index (χ3n) is 4.82. The van der Waals surface area contributed by atoms with Gasteiger partial charge in [0.05, 0.1) is 12.8 Å². The van der Waals surface area contributed by atoms with Crippen LogP contribution in [0.1, 0.15) is 17.2 Å². The molecule has 5 rings (SSSR count). The fourth-order valence-electron chi connectivity index (χ4n) is 3.49. The Bertz CT molecular complexity index is 1260. The molecule has 0 spiro atoms. The lowest BCUT2D eigenvalue weighted by Gasteiger charge is -2.27. The number of fused-ring (bicyclic) bond motifs is 2. The van der Waals surface area contributed by atoms with Crippen molar-refractivity contribution in [1.29, 1.82) is 0 Å². The monoisotopic (exact) mass is 389 g/mol. The number of tetrazole rings is 1. The fourth-order valence-corrected chi connectivity index (χ4v) is 3.49. The molecule has 0 aliphatic carbocycles. The SMILES string of the molecule is COc1cccc(-c2n[nH]c(=O)c3c2[C@@H](c2ccc(O)cc2)n2nnnc2N3)c1. The second-order valence-corrected chi connectivity index (χ2v) is 6.49. The summed E-state index contributed by atoms with van der Waals surface area (Å²) in [6, 6.07) is 13.6. The van der Waals surface area contributed by atoms with Crippen molar-refractivity contribution in [2.24, 2.45) is 0 Å². The number of nitrogens with zero attached hydrogens (tertiary/aromatic N) is 5. The molecule has 10 nitrogen and oxygen atoms in total. The first-order valence-electron chi connectivity index (χ1n) is 8.76. The summed E-state index contributed by atoms with van der Waals surface area (Å²) in [6.07, 6.45) is 0. The molecule has 0 amide bonds. The second-order valence-electron chi connectivity index (χ2n) is 6.49. The number of rotatable bonds is 3. The minimum Gasteiger partial charge on any atom is -0.508 e. The highest BCUT2D eigenvalue weighted by atomic mass is 16.5. The van der Waals surface area contributed by atoms with Crippen molar-refractivity contribution in [2.75, 3.05) is 12.4 Å². The molecule has 29 heavy (non-hydrogen) atoms. The van der Waals surface area contributed by atoms with Crippen LogP contribution in [0, 0.1) is 0 Å². The van der Waals surface area contributed by atoms with Gasteiger partial charge in [-0.15, -0.1) is 0 Å². The number of aromatic amines is 1. The summed E-state index contributed by atoms with van der Waals surface area (Å²) in [5, 5.41) is 31.4. The van der Waals surface area contributed by atoms with Crippen molar-refractivity contribution in [2.45, 2.75) is 6.04 Å². The van der Waals surface area contributed by atoms with E-state index >= 15 is 0 Å². The van der Waals surface area contributed by atoms with Gasteiger partial charge in [-0.05, 0) is 40.3 Å². The maximum Gasteiger partial charge on any atom is 0.288 e. The van der Waals surface area contributed by atoms with E-state index in [0.29, 0.717) is 28.6 Å². The number of H-pyrrole nitrogens is 1. The molecule has 4 aromatic rings. The van der Waals surface area contributed by atoms with Crippen LogP contribution in [0.3, 0.4) is 0 Å². The van der Waals surface area contributed by atoms with Crippen molar-refractivity contribution >= 4 is 11.6 Å². The largest absolute Gasteiger partial charge is 0.508 e. The highest BCUT2D eigenvalue weighted by molar-refractivity contribution is 5.76. The van der Waals surface area contributed by atoms with Gasteiger partial charge in [0.25, 0.3) is 5.56 Å². The normalized spacial score (nSPS) is 14.6. The molecule has 3 heterocycles. The number of aromatic hydroxyl groups is 1. The van der Waals surface area contributed by atoms with Gasteiger partial charge in [0.1, 0.15) is 23.2 Å². The lowest BCUT2D eigenvalue weighted by molar-refractivity contribution is 0.415. The topological polar surface area (TPSA) is 131 Å². The molecule has 1 aliphatic heterocycles. The third-order valence-corrected chi connectivity index (χ3v) is 4.82. The molecule has 2 aromatic carbocycles. The molecule has 0 saturated heterocycles. The Labute approximate surface area is 163 Å². The Morgan fingerprint density at radius 2 is 2.00 bits per heavy atom. The minimum atomic E-state index is -0.521. The quantitative estimate of drug-likeness (QED) is 0.426. The van der Waals surface area contributed by atoms with Gasteiger partial charge < -0.3 is 15.2 Å². The Morgan fingerprint density at radius 3 is 2.79 bits per heavy atom. The standard InChI is InChI=1S/C19H15N7O3/c1-29-13-4-2-3-11(9-13)15-14-16(18(28)22-21-15)20-19-23-24-25-26(19)17(14)10-5-7-12(27)8-6-10/h2-9,17,27H,1H3,(H,22,28)(H,20,23,25)/t17-/m1/s1. The Balaban J connectivity index is 1.80. The predicted molar refractivity (Wildman–Crippen MR) is 103 cm³/mol. The summed E-state index contributed by atoms with van der Waals surface area (Å²) in [4.78, 5) is 12.6. The number of hydrogen-bond acceptors (Lipinski definition) is 8. The Hall–Kier alpha value is -4.21. The molecule has 144 valence electrons. The van der Waals surface area contributed by atoms with Gasteiger partial charge >= 0.3 is 0 Å². The molecule has 10 heteroatoms. The summed E-state index contributed by atoms with van der Waals surface area (Å²) in [7, 11) is 1.59. The van der Waals surface area contributed by atoms with Crippen molar-refractivity contribution in [1.82, 2.24) is 30.4 Å². The molecule has 2 aromatic heterocycles. The van der Waals surface area contributed by atoms with Crippen LogP contribution in [0.2, 0.25) is 0 Å². The van der Waals surface area contributed by atoms with Gasteiger partial charge in [-0.2, -0.15) is 9.78 Å². The molecule has 0 unspecified atom stereocenters. The number of ether oxygens (including phenoxy) is 1. The molecular formula is C19H15N7O3. The van der Waals surface area contributed by atoms with E-state index in [-0.39, 0.29) is 11.3 Å². The van der Waals surface area contributed by atoms with Crippen LogP contribution in [0.5, 0.6) is 11.5 Å². The van der Waals surface area contributed by atoms with E-state index < -0.39 is 6.04 Å². The van der Waals surface area contributed by atoms with E-state index in [4.69, 9.17) is 4.74 Å². The smallest absolute Gasteiger partial charge is 0.288 e. The van der Waals surface area contributed by atoms with E-state index in [9.17, 15) is 9.90 Å². The van der Waals surface area contributed by atoms with Crippen LogP contribution in [-0.4, -0.2) is 42.6 Å². The van der Waals surface area contributed by atoms with E-state index in [1.807, 2.05) is 24.3 Å². The maximum atomic E-state index is 12.6. The molecule has 0 bridgehead atoms. The zero-order chi connectivity index (χ0) is 20.0. The van der Waals surface area contributed by atoms with Crippen LogP contribution in [0.25, 0.3) is 11.3 Å². The highest BCUT2D eigenvalue weighted by Crippen LogP contribution is 2.41. The van der Waals surface area contributed by atoms with E-state index in [2.05, 4.69) is 31.0 Å². The van der Waals surface area contributed by atoms with Crippen LogP contribution in [0.15, 0.2) is 53.3 Å². The van der Waals surface area contributed by atoms with Gasteiger partial charge in [-0.25, -0.2) is 5.10 Å². The highest BCUT2D eigenvalue weighted by Gasteiger charge is 2.34. The molecule has 1 aliphatic rings. The maximum absolute atomic E-state index is 12.6. The third kappa shape index (κ3) is 2.69. The lowest BCUT2D eigenvalue weighted by Crippen LogP contribution is -2.29. The lowest BCUT2D eigenvalue weighted by atomic mass is 9.92. The first-order valence-corrected chi connectivity index (χ1v) is 8.76. The average molecular weight is 389 g/mol. The Morgan fingerprint density at radius 1 is 1.17 bits per heavy atom. The fraction of sp³-hybridized carbons (Fsp3) is 0.105. The number of methoxy groups -OCH3 is 1. The van der Waals surface area contributed by atoms with Crippen LogP contribution in [0.4, 0.5) is 11.6 Å². The van der Waals surface area contributed by atoms with Gasteiger partial charge in [0.15, 0.2) is 0 Å². The molecule has 0 saturated carbocycles. The molecule has 3 N–H and O–H groups in total. The number of aromatic nitrogens is 6. The number of anilines is 2. The minimum absolute atomic E-state index is 0.136. The number of phenols is 1. The average Bonchev–Trinajstić information content (AvgIpc) is 3.22. The van der Waals surface area contributed by atoms with Gasteiger partial charge in [-0.1, -0.05) is 29.4 Å². The number of nitrogens with one attached hydrogen (secondary N) is 2. The summed E-state index contributed by atoms with van der Waals surface area (Å²) in [5.41, 5.74) is 2.66. The molecule has 1 atom stereocenters. The summed E-state index contributed by atoms with van der Waals surface area (Å²) >= 11 is 0. The van der Waals surface area contributed by atoms with Crippen LogP contribution < -0.4 is 15.6 Å². The van der Waals surface area contributed by atoms with Crippen molar-refractivity contribution in [3.8, 4) is 22.8 Å². The Kier molecular flexibility index (Phi) is 3.76. The van der Waals surface area contributed by atoms with Crippen molar-refractivity contribution in [3.05, 3.63) is 70.0 Å². The van der Waals surface area contributed by atoms with Gasteiger partial charge in [0, 0.05) is 11.1 Å². The van der Waals surface area contributed by atoms with E-state index in [0.717, 1.165) is 11.1 Å². The first kappa shape index (κ1) is 16.9. The number of benzene rings is 2. The van der Waals surface area contributed by atoms with E-state index in [1.54, 1.807) is 36.1 Å². The summed E-state index contributed by atoms with van der Waals surface area (Å²) in [6.45, 7) is 0. The number of hydrogen-bond donors (Lipinski definition) is 3. The van der Waals surface area contributed by atoms with Crippen LogP contribution >= 0.6 is 0 Å². The van der Waals surface area contributed by atoms with Crippen molar-refractivity contribution in [3.63, 3.8) is 0 Å². The molecular weight excluding hydrogens is 374 g/mol.